The Balaban J connectivity index is 1.40. The molecule has 3 amide bonds. The smallest absolute Gasteiger partial charge is 0.272 e. The van der Waals surface area contributed by atoms with Crippen molar-refractivity contribution in [1.29, 1.82) is 0 Å². The van der Waals surface area contributed by atoms with Crippen LogP contribution in [0.5, 0.6) is 0 Å². The average Bonchev–Trinajstić information content (AvgIpc) is 3.26. The summed E-state index contributed by atoms with van der Waals surface area (Å²) in [6.45, 7) is 5.74. The van der Waals surface area contributed by atoms with E-state index >= 15 is 0 Å². The predicted octanol–water partition coefficient (Wildman–Crippen LogP) is 1.26. The lowest BCUT2D eigenvalue weighted by molar-refractivity contribution is -0.132. The van der Waals surface area contributed by atoms with Crippen LogP contribution < -0.4 is 10.6 Å². The minimum Gasteiger partial charge on any atom is -0.350 e. The van der Waals surface area contributed by atoms with Gasteiger partial charge in [-0.1, -0.05) is 36.8 Å². The SMILES string of the molecule is CN1C(=O)c2cc(C(=O)NCCN3CCCCC3)nn2C[C@]1(C)C(=O)NCc1ccccc1. The Morgan fingerprint density at radius 1 is 1.09 bits per heavy atom. The maximum Gasteiger partial charge on any atom is 0.272 e. The molecule has 2 aliphatic rings. The first-order valence-electron chi connectivity index (χ1n) is 11.6. The molecule has 1 fully saturated rings. The molecule has 1 atom stereocenters. The lowest BCUT2D eigenvalue weighted by atomic mass is 9.96. The molecule has 3 heterocycles. The van der Waals surface area contributed by atoms with Crippen molar-refractivity contribution in [3.63, 3.8) is 0 Å². The van der Waals surface area contributed by atoms with Crippen LogP contribution >= 0.6 is 0 Å². The van der Waals surface area contributed by atoms with Gasteiger partial charge >= 0.3 is 0 Å². The zero-order chi connectivity index (χ0) is 23.4. The van der Waals surface area contributed by atoms with Crippen molar-refractivity contribution >= 4 is 17.7 Å². The van der Waals surface area contributed by atoms with Crippen LogP contribution in [0.4, 0.5) is 0 Å². The van der Waals surface area contributed by atoms with Crippen molar-refractivity contribution in [2.75, 3.05) is 33.2 Å². The number of hydrogen-bond donors (Lipinski definition) is 2. The molecule has 33 heavy (non-hydrogen) atoms. The van der Waals surface area contributed by atoms with Gasteiger partial charge in [0.15, 0.2) is 5.69 Å². The molecule has 0 spiro atoms. The maximum atomic E-state index is 13.1. The lowest BCUT2D eigenvalue weighted by Gasteiger charge is -2.40. The number of carbonyl (C=O) groups excluding carboxylic acids is 3. The standard InChI is InChI=1S/C24H32N6O3/c1-24(23(33)26-16-18-9-5-3-6-10-18)17-30-20(22(32)28(24)2)15-19(27-30)21(31)25-11-14-29-12-7-4-8-13-29/h3,5-6,9-10,15H,4,7-8,11-14,16-17H2,1-2H3,(H,25,31)(H,26,33)/t24-/m1/s1. The third-order valence-corrected chi connectivity index (χ3v) is 6.68. The van der Waals surface area contributed by atoms with Crippen molar-refractivity contribution in [2.24, 2.45) is 0 Å². The highest BCUT2D eigenvalue weighted by atomic mass is 16.2. The molecule has 9 heteroatoms. The van der Waals surface area contributed by atoms with Gasteiger partial charge in [-0.25, -0.2) is 0 Å². The molecular formula is C24H32N6O3. The summed E-state index contributed by atoms with van der Waals surface area (Å²) in [5.41, 5.74) is 0.362. The molecule has 0 unspecified atom stereocenters. The normalized spacial score (nSPS) is 20.9. The van der Waals surface area contributed by atoms with E-state index in [0.29, 0.717) is 18.8 Å². The van der Waals surface area contributed by atoms with Gasteiger partial charge in [-0.05, 0) is 38.4 Å². The van der Waals surface area contributed by atoms with Gasteiger partial charge in [0.25, 0.3) is 11.8 Å². The number of nitrogens with one attached hydrogen (secondary N) is 2. The third kappa shape index (κ3) is 4.93. The monoisotopic (exact) mass is 452 g/mol. The van der Waals surface area contributed by atoms with Crippen LogP contribution in [0.2, 0.25) is 0 Å². The van der Waals surface area contributed by atoms with Gasteiger partial charge in [-0.3, -0.25) is 19.1 Å². The zero-order valence-electron chi connectivity index (χ0n) is 19.3. The van der Waals surface area contributed by atoms with Crippen molar-refractivity contribution < 1.29 is 14.4 Å². The molecule has 0 bridgehead atoms. The largest absolute Gasteiger partial charge is 0.350 e. The lowest BCUT2D eigenvalue weighted by Crippen LogP contribution is -2.62. The second kappa shape index (κ2) is 9.74. The van der Waals surface area contributed by atoms with E-state index in [2.05, 4.69) is 20.6 Å². The van der Waals surface area contributed by atoms with Crippen LogP contribution in [0.25, 0.3) is 0 Å². The number of benzene rings is 1. The van der Waals surface area contributed by atoms with E-state index in [1.165, 1.54) is 34.9 Å². The van der Waals surface area contributed by atoms with Crippen molar-refractivity contribution in [3.05, 3.63) is 53.3 Å². The van der Waals surface area contributed by atoms with Crippen molar-refractivity contribution in [2.45, 2.75) is 44.8 Å². The van der Waals surface area contributed by atoms with Crippen LogP contribution in [0.1, 0.15) is 52.7 Å². The molecule has 0 aliphatic carbocycles. The van der Waals surface area contributed by atoms with Gasteiger partial charge < -0.3 is 20.4 Å². The first-order chi connectivity index (χ1) is 15.9. The number of rotatable bonds is 7. The quantitative estimate of drug-likeness (QED) is 0.659. The molecule has 1 aromatic carbocycles. The average molecular weight is 453 g/mol. The molecule has 1 aromatic heterocycles. The highest BCUT2D eigenvalue weighted by molar-refractivity contribution is 6.01. The summed E-state index contributed by atoms with van der Waals surface area (Å²) in [6.07, 6.45) is 3.68. The number of aromatic nitrogens is 2. The number of fused-ring (bicyclic) bond motifs is 1. The second-order valence-electron chi connectivity index (χ2n) is 9.04. The number of hydrogen-bond acceptors (Lipinski definition) is 5. The van der Waals surface area contributed by atoms with E-state index in [-0.39, 0.29) is 30.0 Å². The molecule has 9 nitrogen and oxygen atoms in total. The van der Waals surface area contributed by atoms with Crippen LogP contribution in [0.3, 0.4) is 0 Å². The predicted molar refractivity (Wildman–Crippen MR) is 124 cm³/mol. The fourth-order valence-electron chi connectivity index (χ4n) is 4.41. The summed E-state index contributed by atoms with van der Waals surface area (Å²) < 4.78 is 1.48. The van der Waals surface area contributed by atoms with Crippen LogP contribution in [-0.2, 0) is 17.9 Å². The molecule has 176 valence electrons. The topological polar surface area (TPSA) is 99.6 Å². The number of likely N-dealkylation sites (N-methyl/N-ethyl adjacent to an activating group) is 1. The Morgan fingerprint density at radius 2 is 1.82 bits per heavy atom. The van der Waals surface area contributed by atoms with Gasteiger partial charge in [0, 0.05) is 32.7 Å². The van der Waals surface area contributed by atoms with Gasteiger partial charge in [-0.15, -0.1) is 0 Å². The van der Waals surface area contributed by atoms with E-state index in [9.17, 15) is 14.4 Å². The number of piperidine rings is 1. The molecule has 2 aliphatic heterocycles. The van der Waals surface area contributed by atoms with E-state index < -0.39 is 5.54 Å². The Bertz CT molecular complexity index is 1010. The third-order valence-electron chi connectivity index (χ3n) is 6.68. The number of likely N-dealkylation sites (tertiary alicyclic amines) is 1. The van der Waals surface area contributed by atoms with Crippen LogP contribution in [0, 0.1) is 0 Å². The zero-order valence-corrected chi connectivity index (χ0v) is 19.3. The number of carbonyl (C=O) groups is 3. The van der Waals surface area contributed by atoms with E-state index in [4.69, 9.17) is 0 Å². The minimum absolute atomic E-state index is 0.173. The van der Waals surface area contributed by atoms with Crippen molar-refractivity contribution in [1.82, 2.24) is 30.2 Å². The Hall–Kier alpha value is -3.20. The molecular weight excluding hydrogens is 420 g/mol. The van der Waals surface area contributed by atoms with Crippen LogP contribution in [-0.4, -0.2) is 76.1 Å². The number of nitrogens with zero attached hydrogens (tertiary/aromatic N) is 4. The molecule has 4 rings (SSSR count). The molecule has 0 saturated carbocycles. The number of amides is 3. The highest BCUT2D eigenvalue weighted by Crippen LogP contribution is 2.26. The molecule has 0 radical (unpaired) electrons. The first-order valence-corrected chi connectivity index (χ1v) is 11.6. The summed E-state index contributed by atoms with van der Waals surface area (Å²) in [5.74, 6) is -0.908. The first kappa shape index (κ1) is 23.0. The Kier molecular flexibility index (Phi) is 6.78. The Morgan fingerprint density at radius 3 is 2.55 bits per heavy atom. The van der Waals surface area contributed by atoms with Crippen LogP contribution in [0.15, 0.2) is 36.4 Å². The maximum absolute atomic E-state index is 13.1. The van der Waals surface area contributed by atoms with E-state index in [0.717, 1.165) is 25.2 Å². The summed E-state index contributed by atoms with van der Waals surface area (Å²) in [5, 5.41) is 10.2. The Labute approximate surface area is 194 Å². The summed E-state index contributed by atoms with van der Waals surface area (Å²) >= 11 is 0. The van der Waals surface area contributed by atoms with Gasteiger partial charge in [0.2, 0.25) is 5.91 Å². The fourth-order valence-corrected chi connectivity index (χ4v) is 4.41. The fraction of sp³-hybridized carbons (Fsp3) is 0.500. The minimum atomic E-state index is -1.12. The van der Waals surface area contributed by atoms with E-state index in [1.807, 2.05) is 30.3 Å². The summed E-state index contributed by atoms with van der Waals surface area (Å²) in [7, 11) is 1.61. The van der Waals surface area contributed by atoms with Gasteiger partial charge in [-0.2, -0.15) is 5.10 Å². The second-order valence-corrected chi connectivity index (χ2v) is 9.04. The molecule has 2 N–H and O–H groups in total. The van der Waals surface area contributed by atoms with Gasteiger partial charge in [0.05, 0.1) is 6.54 Å². The van der Waals surface area contributed by atoms with Crippen molar-refractivity contribution in [3.8, 4) is 0 Å². The van der Waals surface area contributed by atoms with Gasteiger partial charge in [0.1, 0.15) is 11.2 Å². The molecule has 1 saturated heterocycles. The highest BCUT2D eigenvalue weighted by Gasteiger charge is 2.46. The molecule has 2 aromatic rings. The summed E-state index contributed by atoms with van der Waals surface area (Å²) in [6, 6.07) is 11.1. The summed E-state index contributed by atoms with van der Waals surface area (Å²) in [4.78, 5) is 42.5. The van der Waals surface area contributed by atoms with E-state index in [1.54, 1.807) is 14.0 Å².